The van der Waals surface area contributed by atoms with E-state index in [9.17, 15) is 4.79 Å². The predicted octanol–water partition coefficient (Wildman–Crippen LogP) is 1.75. The van der Waals surface area contributed by atoms with Gasteiger partial charge in [0.05, 0.1) is 0 Å². The Labute approximate surface area is 95.7 Å². The Kier molecular flexibility index (Phi) is 3.08. The highest BCUT2D eigenvalue weighted by Gasteiger charge is 2.26. The number of nitrogens with zero attached hydrogens (tertiary/aromatic N) is 2. The highest BCUT2D eigenvalue weighted by molar-refractivity contribution is 5.94. The average Bonchev–Trinajstić information content (AvgIpc) is 2.25. The largest absolute Gasteiger partial charge is 0.373 e. The van der Waals surface area contributed by atoms with Crippen LogP contribution in [-0.4, -0.2) is 35.9 Å². The molecule has 0 spiro atoms. The Morgan fingerprint density at radius 3 is 2.88 bits per heavy atom. The second kappa shape index (κ2) is 4.51. The molecule has 0 aromatic carbocycles. The van der Waals surface area contributed by atoms with Crippen LogP contribution in [0.5, 0.6) is 0 Å². The van der Waals surface area contributed by atoms with Crippen LogP contribution in [0, 0.1) is 0 Å². The van der Waals surface area contributed by atoms with Crippen LogP contribution in [0.25, 0.3) is 0 Å². The number of aromatic nitrogens is 1. The minimum absolute atomic E-state index is 0.0867. The number of rotatable bonds is 3. The van der Waals surface area contributed by atoms with Crippen molar-refractivity contribution in [1.82, 2.24) is 9.88 Å². The number of hydrogen-bond donors (Lipinski definition) is 1. The molecule has 86 valence electrons. The molecule has 1 aromatic rings. The van der Waals surface area contributed by atoms with E-state index in [1.165, 1.54) is 6.42 Å². The third-order valence-electron chi connectivity index (χ3n) is 3.21. The second-order valence-electron chi connectivity index (χ2n) is 4.18. The zero-order valence-corrected chi connectivity index (χ0v) is 9.73. The summed E-state index contributed by atoms with van der Waals surface area (Å²) in [5, 5.41) is 2.94. The van der Waals surface area contributed by atoms with Gasteiger partial charge in [-0.25, -0.2) is 4.98 Å². The molecular weight excluding hydrogens is 202 g/mol. The van der Waals surface area contributed by atoms with Crippen LogP contribution in [0.2, 0.25) is 0 Å². The van der Waals surface area contributed by atoms with E-state index >= 15 is 0 Å². The molecule has 1 fully saturated rings. The molecule has 1 N–H and O–H groups in total. The lowest BCUT2D eigenvalue weighted by molar-refractivity contribution is 0.0652. The fourth-order valence-electron chi connectivity index (χ4n) is 1.84. The van der Waals surface area contributed by atoms with Gasteiger partial charge in [0.15, 0.2) is 0 Å². The van der Waals surface area contributed by atoms with Gasteiger partial charge < -0.3 is 10.2 Å². The summed E-state index contributed by atoms with van der Waals surface area (Å²) in [6.45, 7) is 0. The van der Waals surface area contributed by atoms with Crippen molar-refractivity contribution in [3.05, 3.63) is 23.9 Å². The van der Waals surface area contributed by atoms with Crippen molar-refractivity contribution in [2.75, 3.05) is 19.4 Å². The summed E-state index contributed by atoms with van der Waals surface area (Å²) in [6.07, 6.45) is 5.16. The fraction of sp³-hybridized carbons (Fsp3) is 0.500. The van der Waals surface area contributed by atoms with Crippen molar-refractivity contribution >= 4 is 11.7 Å². The monoisotopic (exact) mass is 219 g/mol. The summed E-state index contributed by atoms with van der Waals surface area (Å²) < 4.78 is 0. The predicted molar refractivity (Wildman–Crippen MR) is 63.5 cm³/mol. The molecule has 1 aromatic heterocycles. The van der Waals surface area contributed by atoms with E-state index in [0.29, 0.717) is 11.6 Å². The lowest BCUT2D eigenvalue weighted by Crippen LogP contribution is -2.41. The molecular formula is C12H17N3O. The summed E-state index contributed by atoms with van der Waals surface area (Å²) in [5.41, 5.74) is 0.703. The van der Waals surface area contributed by atoms with Crippen molar-refractivity contribution in [2.45, 2.75) is 25.3 Å². The van der Waals surface area contributed by atoms with Gasteiger partial charge in [-0.3, -0.25) is 4.79 Å². The van der Waals surface area contributed by atoms with Gasteiger partial charge in [-0.05, 0) is 31.4 Å². The Balaban J connectivity index is 2.12. The van der Waals surface area contributed by atoms with Crippen LogP contribution in [0.1, 0.15) is 29.6 Å². The van der Waals surface area contributed by atoms with Crippen molar-refractivity contribution in [3.8, 4) is 0 Å². The van der Waals surface area contributed by atoms with Gasteiger partial charge in [-0.15, -0.1) is 0 Å². The zero-order valence-electron chi connectivity index (χ0n) is 9.73. The van der Waals surface area contributed by atoms with Crippen molar-refractivity contribution < 1.29 is 4.79 Å². The first kappa shape index (κ1) is 10.9. The number of pyridine rings is 1. The molecule has 4 nitrogen and oxygen atoms in total. The second-order valence-corrected chi connectivity index (χ2v) is 4.18. The summed E-state index contributed by atoms with van der Waals surface area (Å²) in [5.74, 6) is 0.816. The zero-order chi connectivity index (χ0) is 11.5. The standard InChI is InChI=1S/C12H17N3O/c1-13-11-8-9(6-7-14-11)12(16)15(2)10-4-3-5-10/h6-8,10H,3-5H2,1-2H3,(H,13,14). The summed E-state index contributed by atoms with van der Waals surface area (Å²) in [6, 6.07) is 3.98. The maximum Gasteiger partial charge on any atom is 0.254 e. The first-order valence-electron chi connectivity index (χ1n) is 5.63. The summed E-state index contributed by atoms with van der Waals surface area (Å²) in [7, 11) is 3.68. The fourth-order valence-corrected chi connectivity index (χ4v) is 1.84. The highest BCUT2D eigenvalue weighted by atomic mass is 16.2. The molecule has 0 aliphatic heterocycles. The minimum atomic E-state index is 0.0867. The number of anilines is 1. The molecule has 0 bridgehead atoms. The maximum absolute atomic E-state index is 12.1. The quantitative estimate of drug-likeness (QED) is 0.842. The molecule has 1 heterocycles. The Morgan fingerprint density at radius 1 is 1.56 bits per heavy atom. The Hall–Kier alpha value is -1.58. The van der Waals surface area contributed by atoms with Crippen molar-refractivity contribution in [2.24, 2.45) is 0 Å². The van der Waals surface area contributed by atoms with Gasteiger partial charge in [0, 0.05) is 31.9 Å². The van der Waals surface area contributed by atoms with Gasteiger partial charge in [0.2, 0.25) is 0 Å². The van der Waals surface area contributed by atoms with Crippen LogP contribution < -0.4 is 5.32 Å². The highest BCUT2D eigenvalue weighted by Crippen LogP contribution is 2.24. The molecule has 1 aliphatic rings. The van der Waals surface area contributed by atoms with Gasteiger partial charge in [0.25, 0.3) is 5.91 Å². The summed E-state index contributed by atoms with van der Waals surface area (Å²) in [4.78, 5) is 18.1. The van der Waals surface area contributed by atoms with Gasteiger partial charge >= 0.3 is 0 Å². The maximum atomic E-state index is 12.1. The average molecular weight is 219 g/mol. The van der Waals surface area contributed by atoms with Crippen LogP contribution in [0.4, 0.5) is 5.82 Å². The van der Waals surface area contributed by atoms with Gasteiger partial charge in [-0.2, -0.15) is 0 Å². The molecule has 1 aliphatic carbocycles. The smallest absolute Gasteiger partial charge is 0.254 e. The minimum Gasteiger partial charge on any atom is -0.373 e. The molecule has 16 heavy (non-hydrogen) atoms. The molecule has 0 saturated heterocycles. The van der Waals surface area contributed by atoms with E-state index in [0.717, 1.165) is 18.7 Å². The lowest BCUT2D eigenvalue weighted by Gasteiger charge is -2.34. The molecule has 1 amide bonds. The normalized spacial score (nSPS) is 15.4. The SMILES string of the molecule is CNc1cc(C(=O)N(C)C2CCC2)ccn1. The molecule has 0 radical (unpaired) electrons. The van der Waals surface area contributed by atoms with Gasteiger partial charge in [-0.1, -0.05) is 0 Å². The molecule has 4 heteroatoms. The van der Waals surface area contributed by atoms with E-state index in [2.05, 4.69) is 10.3 Å². The van der Waals surface area contributed by atoms with Crippen LogP contribution in [0.15, 0.2) is 18.3 Å². The van der Waals surface area contributed by atoms with Gasteiger partial charge in [0.1, 0.15) is 5.82 Å². The van der Waals surface area contributed by atoms with Crippen LogP contribution >= 0.6 is 0 Å². The van der Waals surface area contributed by atoms with Crippen molar-refractivity contribution in [1.29, 1.82) is 0 Å². The third kappa shape index (κ3) is 2.01. The Bertz CT molecular complexity index is 388. The Morgan fingerprint density at radius 2 is 2.31 bits per heavy atom. The van der Waals surface area contributed by atoms with Crippen LogP contribution in [0.3, 0.4) is 0 Å². The topological polar surface area (TPSA) is 45.2 Å². The number of hydrogen-bond acceptors (Lipinski definition) is 3. The third-order valence-corrected chi connectivity index (χ3v) is 3.21. The summed E-state index contributed by atoms with van der Waals surface area (Å²) >= 11 is 0. The molecule has 2 rings (SSSR count). The number of carbonyl (C=O) groups is 1. The van der Waals surface area contributed by atoms with Crippen LogP contribution in [-0.2, 0) is 0 Å². The molecule has 0 atom stereocenters. The number of amides is 1. The van der Waals surface area contributed by atoms with Crippen molar-refractivity contribution in [3.63, 3.8) is 0 Å². The molecule has 0 unspecified atom stereocenters. The number of carbonyl (C=O) groups excluding carboxylic acids is 1. The van der Waals surface area contributed by atoms with E-state index in [1.54, 1.807) is 25.4 Å². The van der Waals surface area contributed by atoms with E-state index < -0.39 is 0 Å². The number of nitrogens with one attached hydrogen (secondary N) is 1. The van der Waals surface area contributed by atoms with E-state index in [1.807, 2.05) is 11.9 Å². The van der Waals surface area contributed by atoms with E-state index in [4.69, 9.17) is 0 Å². The first-order valence-corrected chi connectivity index (χ1v) is 5.63. The first-order chi connectivity index (χ1) is 7.72. The lowest BCUT2D eigenvalue weighted by atomic mass is 9.91. The molecule has 1 saturated carbocycles. The van der Waals surface area contributed by atoms with E-state index in [-0.39, 0.29) is 5.91 Å².